The van der Waals surface area contributed by atoms with Crippen molar-refractivity contribution >= 4 is 21.9 Å². The van der Waals surface area contributed by atoms with Gasteiger partial charge in [-0.25, -0.2) is 9.18 Å². The summed E-state index contributed by atoms with van der Waals surface area (Å²) in [4.78, 5) is 22.5. The van der Waals surface area contributed by atoms with Gasteiger partial charge in [-0.1, -0.05) is 22.0 Å². The van der Waals surface area contributed by atoms with Crippen molar-refractivity contribution in [1.29, 1.82) is 0 Å². The molecular weight excluding hydrogens is 317 g/mol. The summed E-state index contributed by atoms with van der Waals surface area (Å²) < 4.78 is 14.9. The molecule has 0 unspecified atom stereocenters. The predicted molar refractivity (Wildman–Crippen MR) is 70.9 cm³/mol. The van der Waals surface area contributed by atoms with Gasteiger partial charge in [-0.3, -0.25) is 4.79 Å². The summed E-state index contributed by atoms with van der Waals surface area (Å²) in [5.41, 5.74) is 0.252. The Morgan fingerprint density at radius 1 is 1.32 bits per heavy atom. The number of carboxylic acids is 1. The van der Waals surface area contributed by atoms with Crippen LogP contribution in [0.1, 0.15) is 15.9 Å². The molecule has 0 spiro atoms. The number of halogens is 2. The number of hydrogen-bond donors (Lipinski definition) is 1. The first-order valence-electron chi connectivity index (χ1n) is 5.35. The number of carbonyl (C=O) groups is 1. The number of benzene rings is 1. The largest absolute Gasteiger partial charge is 0.478 e. The summed E-state index contributed by atoms with van der Waals surface area (Å²) in [6, 6.07) is 6.58. The molecular formula is C13H9BrFNO3. The van der Waals surface area contributed by atoms with E-state index in [1.807, 2.05) is 0 Å². The molecule has 2 rings (SSSR count). The summed E-state index contributed by atoms with van der Waals surface area (Å²) in [7, 11) is 0. The molecule has 0 aliphatic heterocycles. The Bertz CT molecular complexity index is 697. The topological polar surface area (TPSA) is 59.3 Å². The molecule has 0 amide bonds. The minimum Gasteiger partial charge on any atom is -0.478 e. The van der Waals surface area contributed by atoms with Crippen LogP contribution in [0.4, 0.5) is 4.39 Å². The second kappa shape index (κ2) is 5.36. The van der Waals surface area contributed by atoms with Crippen LogP contribution in [-0.2, 0) is 6.54 Å². The van der Waals surface area contributed by atoms with Gasteiger partial charge in [0.05, 0.1) is 12.1 Å². The molecule has 0 saturated carbocycles. The number of rotatable bonds is 3. The lowest BCUT2D eigenvalue weighted by Gasteiger charge is -2.08. The summed E-state index contributed by atoms with van der Waals surface area (Å²) in [6.45, 7) is 0.236. The number of carboxylic acid groups (broad SMARTS) is 1. The van der Waals surface area contributed by atoms with Crippen molar-refractivity contribution in [2.45, 2.75) is 6.54 Å². The summed E-state index contributed by atoms with van der Waals surface area (Å²) >= 11 is 3.22. The molecule has 1 heterocycles. The monoisotopic (exact) mass is 325 g/mol. The molecule has 0 fully saturated rings. The van der Waals surface area contributed by atoms with Gasteiger partial charge >= 0.3 is 5.97 Å². The van der Waals surface area contributed by atoms with Gasteiger partial charge in [0.2, 0.25) is 0 Å². The minimum absolute atomic E-state index is 0.0561. The van der Waals surface area contributed by atoms with Crippen LogP contribution in [0.3, 0.4) is 0 Å². The van der Waals surface area contributed by atoms with E-state index in [4.69, 9.17) is 5.11 Å². The fraction of sp³-hybridized carbons (Fsp3) is 0.0769. The second-order valence-corrected chi connectivity index (χ2v) is 4.78. The summed E-state index contributed by atoms with van der Waals surface area (Å²) in [5.74, 6) is -1.52. The Morgan fingerprint density at radius 3 is 2.63 bits per heavy atom. The number of aromatic nitrogens is 1. The van der Waals surface area contributed by atoms with Crippen LogP contribution < -0.4 is 5.56 Å². The third-order valence-electron chi connectivity index (χ3n) is 2.60. The zero-order valence-corrected chi connectivity index (χ0v) is 11.2. The van der Waals surface area contributed by atoms with Gasteiger partial charge in [-0.15, -0.1) is 0 Å². The van der Waals surface area contributed by atoms with Gasteiger partial charge in [0.25, 0.3) is 5.56 Å². The number of pyridine rings is 1. The highest BCUT2D eigenvalue weighted by Crippen LogP contribution is 2.18. The van der Waals surface area contributed by atoms with Gasteiger partial charge < -0.3 is 9.67 Å². The SMILES string of the molecule is O=C(O)c1ccn(Cc2ccc(F)cc2Br)c(=O)c1. The van der Waals surface area contributed by atoms with E-state index in [9.17, 15) is 14.0 Å². The van der Waals surface area contributed by atoms with Crippen LogP contribution in [0.25, 0.3) is 0 Å². The lowest BCUT2D eigenvalue weighted by Crippen LogP contribution is -2.21. The van der Waals surface area contributed by atoms with E-state index in [1.54, 1.807) is 6.07 Å². The highest BCUT2D eigenvalue weighted by Gasteiger charge is 2.07. The van der Waals surface area contributed by atoms with Crippen LogP contribution in [-0.4, -0.2) is 15.6 Å². The molecule has 0 bridgehead atoms. The average Bonchev–Trinajstić information content (AvgIpc) is 2.34. The second-order valence-electron chi connectivity index (χ2n) is 3.92. The fourth-order valence-electron chi connectivity index (χ4n) is 1.60. The minimum atomic E-state index is -1.15. The predicted octanol–water partition coefficient (Wildman–Crippen LogP) is 2.50. The van der Waals surface area contributed by atoms with Crippen molar-refractivity contribution in [3.8, 4) is 0 Å². The highest BCUT2D eigenvalue weighted by atomic mass is 79.9. The Kier molecular flexibility index (Phi) is 3.80. The molecule has 0 aliphatic rings. The molecule has 19 heavy (non-hydrogen) atoms. The van der Waals surface area contributed by atoms with Gasteiger partial charge in [0, 0.05) is 16.7 Å². The third-order valence-corrected chi connectivity index (χ3v) is 3.34. The molecule has 1 aromatic carbocycles. The number of nitrogens with zero attached hydrogens (tertiary/aromatic N) is 1. The van der Waals surface area contributed by atoms with Gasteiger partial charge in [0.15, 0.2) is 0 Å². The summed E-state index contributed by atoms with van der Waals surface area (Å²) in [5, 5.41) is 8.77. The van der Waals surface area contributed by atoms with Crippen LogP contribution in [0, 0.1) is 5.82 Å². The van der Waals surface area contributed by atoms with Crippen LogP contribution >= 0.6 is 15.9 Å². The van der Waals surface area contributed by atoms with Gasteiger partial charge in [-0.05, 0) is 23.8 Å². The molecule has 0 atom stereocenters. The van der Waals surface area contributed by atoms with Crippen LogP contribution in [0.5, 0.6) is 0 Å². The first-order valence-corrected chi connectivity index (χ1v) is 6.14. The van der Waals surface area contributed by atoms with E-state index in [2.05, 4.69) is 15.9 Å². The normalized spacial score (nSPS) is 10.4. The lowest BCUT2D eigenvalue weighted by molar-refractivity contribution is 0.0696. The zero-order chi connectivity index (χ0) is 14.0. The van der Waals surface area contributed by atoms with Crippen molar-refractivity contribution in [2.75, 3.05) is 0 Å². The van der Waals surface area contributed by atoms with Crippen molar-refractivity contribution in [3.63, 3.8) is 0 Å². The molecule has 0 radical (unpaired) electrons. The quantitative estimate of drug-likeness (QED) is 0.943. The Hall–Kier alpha value is -1.95. The van der Waals surface area contributed by atoms with Gasteiger partial charge in [-0.2, -0.15) is 0 Å². The molecule has 6 heteroatoms. The standard InChI is InChI=1S/C13H9BrFNO3/c14-11-6-10(15)2-1-9(11)7-16-4-3-8(13(18)19)5-12(16)17/h1-6H,7H2,(H,18,19). The summed E-state index contributed by atoms with van der Waals surface area (Å²) in [6.07, 6.45) is 1.40. The van der Waals surface area contributed by atoms with Crippen molar-refractivity contribution in [2.24, 2.45) is 0 Å². The Balaban J connectivity index is 2.34. The van der Waals surface area contributed by atoms with Crippen LogP contribution in [0.15, 0.2) is 45.8 Å². The Labute approximate surface area is 116 Å². The maximum atomic E-state index is 12.9. The highest BCUT2D eigenvalue weighted by molar-refractivity contribution is 9.10. The fourth-order valence-corrected chi connectivity index (χ4v) is 2.08. The third kappa shape index (κ3) is 3.08. The first-order chi connectivity index (χ1) is 8.97. The maximum absolute atomic E-state index is 12.9. The number of hydrogen-bond acceptors (Lipinski definition) is 2. The van der Waals surface area contributed by atoms with Crippen LogP contribution in [0.2, 0.25) is 0 Å². The van der Waals surface area contributed by atoms with E-state index in [0.717, 1.165) is 11.6 Å². The van der Waals surface area contributed by atoms with Crippen molar-refractivity contribution in [3.05, 3.63) is 68.3 Å². The zero-order valence-electron chi connectivity index (χ0n) is 9.64. The van der Waals surface area contributed by atoms with Crippen molar-refractivity contribution < 1.29 is 14.3 Å². The molecule has 98 valence electrons. The van der Waals surface area contributed by atoms with Gasteiger partial charge in [0.1, 0.15) is 5.82 Å². The molecule has 1 N–H and O–H groups in total. The maximum Gasteiger partial charge on any atom is 0.335 e. The smallest absolute Gasteiger partial charge is 0.335 e. The number of aromatic carboxylic acids is 1. The molecule has 0 saturated heterocycles. The lowest BCUT2D eigenvalue weighted by atomic mass is 10.2. The molecule has 0 aliphatic carbocycles. The average molecular weight is 326 g/mol. The molecule has 4 nitrogen and oxygen atoms in total. The van der Waals surface area contributed by atoms with E-state index < -0.39 is 11.5 Å². The molecule has 1 aromatic heterocycles. The van der Waals surface area contributed by atoms with E-state index >= 15 is 0 Å². The van der Waals surface area contributed by atoms with E-state index in [-0.39, 0.29) is 17.9 Å². The van der Waals surface area contributed by atoms with E-state index in [0.29, 0.717) is 4.47 Å². The van der Waals surface area contributed by atoms with Crippen molar-refractivity contribution in [1.82, 2.24) is 4.57 Å². The molecule has 2 aromatic rings. The first kappa shape index (κ1) is 13.5. The Morgan fingerprint density at radius 2 is 2.05 bits per heavy atom. The van der Waals surface area contributed by atoms with E-state index in [1.165, 1.54) is 29.0 Å².